The zero-order valence-corrected chi connectivity index (χ0v) is 15.0. The van der Waals surface area contributed by atoms with Crippen molar-refractivity contribution in [1.29, 1.82) is 0 Å². The summed E-state index contributed by atoms with van der Waals surface area (Å²) in [4.78, 5) is 26.2. The van der Waals surface area contributed by atoms with Gasteiger partial charge >= 0.3 is 5.97 Å². The maximum Gasteiger partial charge on any atom is 0.305 e. The molecule has 0 aliphatic rings. The van der Waals surface area contributed by atoms with Crippen LogP contribution in [0.5, 0.6) is 0 Å². The minimum atomic E-state index is -0.908. The second kappa shape index (κ2) is 7.25. The zero-order valence-electron chi connectivity index (χ0n) is 13.4. The molecule has 1 atom stereocenters. The van der Waals surface area contributed by atoms with Crippen molar-refractivity contribution in [3.8, 4) is 9.75 Å². The maximum atomic E-state index is 12.4. The van der Waals surface area contributed by atoms with E-state index in [0.29, 0.717) is 15.9 Å². The Morgan fingerprint density at radius 1 is 1.22 bits per heavy atom. The molecule has 0 aromatic carbocycles. The Hall–Kier alpha value is -1.70. The SMILES string of the molecule is C[N+](C)(C)C[C@@H](CC(=O)O)NC(=O)c1ccc(-c2cccs2)s1. The van der Waals surface area contributed by atoms with E-state index in [1.54, 1.807) is 17.4 Å². The van der Waals surface area contributed by atoms with Crippen molar-refractivity contribution in [1.82, 2.24) is 5.32 Å². The maximum absolute atomic E-state index is 12.4. The fourth-order valence-electron chi connectivity index (χ4n) is 2.30. The van der Waals surface area contributed by atoms with Crippen LogP contribution in [0.3, 0.4) is 0 Å². The van der Waals surface area contributed by atoms with Gasteiger partial charge in [-0.1, -0.05) is 6.07 Å². The van der Waals surface area contributed by atoms with Crippen LogP contribution < -0.4 is 5.32 Å². The van der Waals surface area contributed by atoms with Gasteiger partial charge < -0.3 is 14.9 Å². The number of nitrogens with one attached hydrogen (secondary N) is 1. The molecule has 2 heterocycles. The number of likely N-dealkylation sites (N-methyl/N-ethyl adjacent to an activating group) is 1. The molecule has 0 bridgehead atoms. The zero-order chi connectivity index (χ0) is 17.0. The van der Waals surface area contributed by atoms with Crippen molar-refractivity contribution in [2.75, 3.05) is 27.7 Å². The molecular weight excluding hydrogens is 332 g/mol. The molecule has 7 heteroatoms. The van der Waals surface area contributed by atoms with E-state index in [4.69, 9.17) is 5.11 Å². The third-order valence-corrected chi connectivity index (χ3v) is 5.27. The van der Waals surface area contributed by atoms with E-state index in [-0.39, 0.29) is 12.3 Å². The van der Waals surface area contributed by atoms with E-state index in [2.05, 4.69) is 5.32 Å². The highest BCUT2D eigenvalue weighted by atomic mass is 32.1. The molecule has 124 valence electrons. The molecule has 2 rings (SSSR count). The third-order valence-electron chi connectivity index (χ3n) is 3.12. The predicted molar refractivity (Wildman–Crippen MR) is 94.0 cm³/mol. The van der Waals surface area contributed by atoms with Crippen LogP contribution in [-0.2, 0) is 4.79 Å². The van der Waals surface area contributed by atoms with Gasteiger partial charge in [0.05, 0.1) is 45.0 Å². The Morgan fingerprint density at radius 2 is 1.96 bits per heavy atom. The van der Waals surface area contributed by atoms with Gasteiger partial charge in [-0.05, 0) is 23.6 Å². The van der Waals surface area contributed by atoms with Gasteiger partial charge in [0.1, 0.15) is 0 Å². The predicted octanol–water partition coefficient (Wildman–Crippen LogP) is 2.76. The Kier molecular flexibility index (Phi) is 5.56. The highest BCUT2D eigenvalue weighted by Crippen LogP contribution is 2.31. The van der Waals surface area contributed by atoms with Crippen LogP contribution in [0, 0.1) is 0 Å². The quantitative estimate of drug-likeness (QED) is 0.752. The van der Waals surface area contributed by atoms with Gasteiger partial charge in [-0.25, -0.2) is 0 Å². The fraction of sp³-hybridized carbons (Fsp3) is 0.375. The highest BCUT2D eigenvalue weighted by Gasteiger charge is 2.24. The lowest BCUT2D eigenvalue weighted by atomic mass is 10.2. The molecule has 0 saturated carbocycles. The number of quaternary nitrogens is 1. The molecular formula is C16H21N2O3S2+. The van der Waals surface area contributed by atoms with E-state index in [1.165, 1.54) is 11.3 Å². The number of carboxylic acids is 1. The number of carbonyl (C=O) groups excluding carboxylic acids is 1. The summed E-state index contributed by atoms with van der Waals surface area (Å²) in [5.74, 6) is -1.12. The summed E-state index contributed by atoms with van der Waals surface area (Å²) in [7, 11) is 5.92. The lowest BCUT2D eigenvalue weighted by Gasteiger charge is -2.29. The molecule has 1 amide bonds. The van der Waals surface area contributed by atoms with Crippen molar-refractivity contribution in [3.63, 3.8) is 0 Å². The molecule has 0 spiro atoms. The first-order chi connectivity index (χ1) is 10.7. The fourth-order valence-corrected chi connectivity index (χ4v) is 4.04. The second-order valence-electron chi connectivity index (χ2n) is 6.38. The Bertz CT molecular complexity index is 672. The summed E-state index contributed by atoms with van der Waals surface area (Å²) in [6.45, 7) is 0.557. The van der Waals surface area contributed by atoms with Gasteiger partial charge in [-0.3, -0.25) is 9.59 Å². The van der Waals surface area contributed by atoms with Crippen LogP contribution in [0.4, 0.5) is 0 Å². The molecule has 5 nitrogen and oxygen atoms in total. The lowest BCUT2D eigenvalue weighted by Crippen LogP contribution is -2.49. The number of amides is 1. The summed E-state index contributed by atoms with van der Waals surface area (Å²) in [5, 5.41) is 13.9. The van der Waals surface area contributed by atoms with E-state index in [1.807, 2.05) is 44.7 Å². The number of hydrogen-bond donors (Lipinski definition) is 2. The molecule has 0 aliphatic carbocycles. The first kappa shape index (κ1) is 17.7. The van der Waals surface area contributed by atoms with Crippen LogP contribution in [0.25, 0.3) is 9.75 Å². The van der Waals surface area contributed by atoms with Crippen molar-refractivity contribution >= 4 is 34.6 Å². The number of rotatable bonds is 7. The summed E-state index contributed by atoms with van der Waals surface area (Å²) < 4.78 is 0.586. The lowest BCUT2D eigenvalue weighted by molar-refractivity contribution is -0.871. The smallest absolute Gasteiger partial charge is 0.305 e. The summed E-state index contributed by atoms with van der Waals surface area (Å²) in [6, 6.07) is 7.31. The normalized spacial score (nSPS) is 12.8. The largest absolute Gasteiger partial charge is 0.481 e. The molecule has 0 saturated heterocycles. The van der Waals surface area contributed by atoms with Crippen molar-refractivity contribution in [2.45, 2.75) is 12.5 Å². The third kappa shape index (κ3) is 5.46. The number of nitrogens with zero attached hydrogens (tertiary/aromatic N) is 1. The molecule has 23 heavy (non-hydrogen) atoms. The second-order valence-corrected chi connectivity index (χ2v) is 8.41. The van der Waals surface area contributed by atoms with Crippen molar-refractivity contribution < 1.29 is 19.2 Å². The average molecular weight is 353 g/mol. The minimum Gasteiger partial charge on any atom is -0.481 e. The van der Waals surface area contributed by atoms with E-state index >= 15 is 0 Å². The number of thiophene rings is 2. The number of carboxylic acid groups (broad SMARTS) is 1. The standard InChI is InChI=1S/C16H20N2O3S2/c1-18(2,3)10-11(9-15(19)20)17-16(21)14-7-6-13(23-14)12-5-4-8-22-12/h4-8,11H,9-10H2,1-3H3,(H-,17,19,20,21)/p+1/t11-/m1/s1. The Balaban J connectivity index is 2.07. The van der Waals surface area contributed by atoms with Gasteiger partial charge in [0, 0.05) is 9.75 Å². The molecule has 2 aromatic heterocycles. The van der Waals surface area contributed by atoms with Crippen molar-refractivity contribution in [2.24, 2.45) is 0 Å². The van der Waals surface area contributed by atoms with Gasteiger partial charge in [-0.2, -0.15) is 0 Å². The van der Waals surface area contributed by atoms with Gasteiger partial charge in [0.2, 0.25) is 0 Å². The summed E-state index contributed by atoms with van der Waals surface area (Å²) in [6.07, 6.45) is -0.0790. The minimum absolute atomic E-state index is 0.0790. The number of aliphatic carboxylic acids is 1. The van der Waals surface area contributed by atoms with E-state index < -0.39 is 12.0 Å². The van der Waals surface area contributed by atoms with E-state index in [9.17, 15) is 9.59 Å². The summed E-state index contributed by atoms with van der Waals surface area (Å²) in [5.41, 5.74) is 0. The average Bonchev–Trinajstić information content (AvgIpc) is 3.07. The molecule has 2 aromatic rings. The van der Waals surface area contributed by atoms with Crippen LogP contribution in [0.2, 0.25) is 0 Å². The number of hydrogen-bond acceptors (Lipinski definition) is 4. The molecule has 0 fully saturated rings. The monoisotopic (exact) mass is 353 g/mol. The van der Waals surface area contributed by atoms with Gasteiger partial charge in [0.15, 0.2) is 0 Å². The summed E-state index contributed by atoms with van der Waals surface area (Å²) >= 11 is 3.05. The first-order valence-electron chi connectivity index (χ1n) is 7.21. The highest BCUT2D eigenvalue weighted by molar-refractivity contribution is 7.22. The molecule has 0 unspecified atom stereocenters. The van der Waals surface area contributed by atoms with Gasteiger partial charge in [-0.15, -0.1) is 22.7 Å². The van der Waals surface area contributed by atoms with Crippen molar-refractivity contribution in [3.05, 3.63) is 34.5 Å². The van der Waals surface area contributed by atoms with Crippen LogP contribution in [-0.4, -0.2) is 55.2 Å². The molecule has 2 N–H and O–H groups in total. The van der Waals surface area contributed by atoms with Crippen LogP contribution >= 0.6 is 22.7 Å². The van der Waals surface area contributed by atoms with Crippen LogP contribution in [0.1, 0.15) is 16.1 Å². The Labute approximate surface area is 143 Å². The molecule has 0 radical (unpaired) electrons. The number of carbonyl (C=O) groups is 2. The van der Waals surface area contributed by atoms with E-state index in [0.717, 1.165) is 9.75 Å². The Morgan fingerprint density at radius 3 is 2.52 bits per heavy atom. The van der Waals surface area contributed by atoms with Crippen LogP contribution in [0.15, 0.2) is 29.6 Å². The molecule has 0 aliphatic heterocycles. The first-order valence-corrected chi connectivity index (χ1v) is 8.91. The van der Waals surface area contributed by atoms with Gasteiger partial charge in [0.25, 0.3) is 5.91 Å². The topological polar surface area (TPSA) is 66.4 Å².